The first-order valence-corrected chi connectivity index (χ1v) is 13.0. The van der Waals surface area contributed by atoms with E-state index in [9.17, 15) is 13.2 Å². The molecule has 9 heteroatoms. The Labute approximate surface area is 194 Å². The van der Waals surface area contributed by atoms with Gasteiger partial charge < -0.3 is 5.32 Å². The monoisotopic (exact) mass is 469 g/mol. The SMILES string of the molecule is CC(CNCc1ccccc1NS(=O)(=O)c1ccc(-n2cn[nH]c2=O)cc1)C1CCCCC1. The number of hydrogen-bond donors (Lipinski definition) is 3. The zero-order valence-corrected chi connectivity index (χ0v) is 19.6. The fourth-order valence-electron chi connectivity index (χ4n) is 4.50. The lowest BCUT2D eigenvalue weighted by atomic mass is 9.81. The largest absolute Gasteiger partial charge is 0.347 e. The third-order valence-corrected chi connectivity index (χ3v) is 7.86. The number of para-hydroxylation sites is 1. The molecule has 0 saturated heterocycles. The summed E-state index contributed by atoms with van der Waals surface area (Å²) in [6.07, 6.45) is 8.00. The second-order valence-electron chi connectivity index (χ2n) is 8.79. The molecule has 8 nitrogen and oxygen atoms in total. The van der Waals surface area contributed by atoms with Crippen LogP contribution >= 0.6 is 0 Å². The van der Waals surface area contributed by atoms with Gasteiger partial charge in [-0.25, -0.2) is 22.9 Å². The molecule has 0 amide bonds. The summed E-state index contributed by atoms with van der Waals surface area (Å²) in [7, 11) is -3.78. The van der Waals surface area contributed by atoms with Gasteiger partial charge >= 0.3 is 5.69 Å². The van der Waals surface area contributed by atoms with Crippen molar-refractivity contribution in [2.45, 2.75) is 50.5 Å². The average Bonchev–Trinajstić information content (AvgIpc) is 3.26. The summed E-state index contributed by atoms with van der Waals surface area (Å²) in [5.41, 5.74) is 1.61. The van der Waals surface area contributed by atoms with E-state index >= 15 is 0 Å². The number of aromatic nitrogens is 3. The molecule has 0 bridgehead atoms. The third-order valence-electron chi connectivity index (χ3n) is 6.48. The minimum absolute atomic E-state index is 0.122. The lowest BCUT2D eigenvalue weighted by Gasteiger charge is -2.28. The molecule has 1 aliphatic carbocycles. The molecule has 0 aliphatic heterocycles. The minimum Gasteiger partial charge on any atom is -0.312 e. The Morgan fingerprint density at radius 1 is 1.09 bits per heavy atom. The molecule has 2 aromatic carbocycles. The van der Waals surface area contributed by atoms with Gasteiger partial charge in [-0.2, -0.15) is 5.10 Å². The van der Waals surface area contributed by atoms with Crippen molar-refractivity contribution in [2.75, 3.05) is 11.3 Å². The predicted octanol–water partition coefficient (Wildman–Crippen LogP) is 3.67. The van der Waals surface area contributed by atoms with Gasteiger partial charge in [0.1, 0.15) is 6.33 Å². The van der Waals surface area contributed by atoms with Crippen LogP contribution in [-0.2, 0) is 16.6 Å². The molecule has 3 aromatic rings. The normalized spacial score (nSPS) is 15.9. The minimum atomic E-state index is -3.78. The van der Waals surface area contributed by atoms with E-state index in [1.54, 1.807) is 18.2 Å². The molecular formula is C24H31N5O3S. The fraction of sp³-hybridized carbons (Fsp3) is 0.417. The van der Waals surface area contributed by atoms with E-state index in [1.807, 2.05) is 18.2 Å². The summed E-state index contributed by atoms with van der Waals surface area (Å²) in [6.45, 7) is 3.82. The van der Waals surface area contributed by atoms with Crippen molar-refractivity contribution in [3.05, 3.63) is 70.9 Å². The van der Waals surface area contributed by atoms with Crippen LogP contribution in [-0.4, -0.2) is 29.7 Å². The molecule has 1 aliphatic rings. The van der Waals surface area contributed by atoms with Crippen LogP contribution in [0.15, 0.2) is 64.5 Å². The predicted molar refractivity (Wildman–Crippen MR) is 129 cm³/mol. The van der Waals surface area contributed by atoms with Crippen molar-refractivity contribution >= 4 is 15.7 Å². The Morgan fingerprint density at radius 2 is 1.82 bits per heavy atom. The Kier molecular flexibility index (Phi) is 7.29. The second-order valence-corrected chi connectivity index (χ2v) is 10.5. The molecule has 3 N–H and O–H groups in total. The molecule has 176 valence electrons. The number of nitrogens with zero attached hydrogens (tertiary/aromatic N) is 2. The van der Waals surface area contributed by atoms with Crippen LogP contribution < -0.4 is 15.7 Å². The van der Waals surface area contributed by atoms with Crippen LogP contribution in [0.5, 0.6) is 0 Å². The van der Waals surface area contributed by atoms with Crippen molar-refractivity contribution < 1.29 is 8.42 Å². The first-order chi connectivity index (χ1) is 15.9. The van der Waals surface area contributed by atoms with E-state index in [1.165, 1.54) is 55.1 Å². The Hall–Kier alpha value is -2.91. The maximum atomic E-state index is 13.0. The summed E-state index contributed by atoms with van der Waals surface area (Å²) >= 11 is 0. The number of anilines is 1. The molecule has 1 unspecified atom stereocenters. The Balaban J connectivity index is 1.41. The van der Waals surface area contributed by atoms with Gasteiger partial charge in [-0.1, -0.05) is 57.2 Å². The van der Waals surface area contributed by atoms with Gasteiger partial charge in [0.05, 0.1) is 16.3 Å². The van der Waals surface area contributed by atoms with Crippen LogP contribution in [0, 0.1) is 11.8 Å². The summed E-state index contributed by atoms with van der Waals surface area (Å²) < 4.78 is 30.0. The number of nitrogens with one attached hydrogen (secondary N) is 3. The highest BCUT2D eigenvalue weighted by molar-refractivity contribution is 7.92. The summed E-state index contributed by atoms with van der Waals surface area (Å²) in [4.78, 5) is 11.8. The maximum Gasteiger partial charge on any atom is 0.347 e. The fourth-order valence-corrected chi connectivity index (χ4v) is 5.60. The average molecular weight is 470 g/mol. The number of sulfonamides is 1. The van der Waals surface area contributed by atoms with Gasteiger partial charge in [-0.15, -0.1) is 0 Å². The standard InChI is InChI=1S/C24H31N5O3S/c1-18(19-7-3-2-4-8-19)15-25-16-20-9-5-6-10-23(20)28-33(31,32)22-13-11-21(12-14-22)29-17-26-27-24(29)30/h5-6,9-14,17-19,25,28H,2-4,7-8,15-16H2,1H3,(H,27,30). The molecule has 1 saturated carbocycles. The van der Waals surface area contributed by atoms with Gasteiger partial charge in [0.2, 0.25) is 0 Å². The number of aromatic amines is 1. The van der Waals surface area contributed by atoms with Crippen molar-refractivity contribution in [1.29, 1.82) is 0 Å². The number of H-pyrrole nitrogens is 1. The molecule has 4 rings (SSSR count). The molecule has 0 radical (unpaired) electrons. The highest BCUT2D eigenvalue weighted by Gasteiger charge is 2.20. The van der Waals surface area contributed by atoms with E-state index in [4.69, 9.17) is 0 Å². The van der Waals surface area contributed by atoms with Gasteiger partial charge in [-0.3, -0.25) is 4.72 Å². The summed E-state index contributed by atoms with van der Waals surface area (Å²) in [5.74, 6) is 1.39. The van der Waals surface area contributed by atoms with E-state index in [0.717, 1.165) is 18.0 Å². The van der Waals surface area contributed by atoms with Crippen molar-refractivity contribution in [3.8, 4) is 5.69 Å². The zero-order valence-electron chi connectivity index (χ0n) is 18.8. The van der Waals surface area contributed by atoms with E-state index in [-0.39, 0.29) is 10.6 Å². The van der Waals surface area contributed by atoms with Crippen molar-refractivity contribution in [2.24, 2.45) is 11.8 Å². The Bertz CT molecular complexity index is 1210. The Morgan fingerprint density at radius 3 is 2.52 bits per heavy atom. The van der Waals surface area contributed by atoms with E-state index < -0.39 is 10.0 Å². The van der Waals surface area contributed by atoms with Gasteiger partial charge in [-0.05, 0) is 54.3 Å². The van der Waals surface area contributed by atoms with Crippen LogP contribution in [0.2, 0.25) is 0 Å². The number of rotatable bonds is 9. The van der Waals surface area contributed by atoms with Crippen molar-refractivity contribution in [3.63, 3.8) is 0 Å². The maximum absolute atomic E-state index is 13.0. The summed E-state index contributed by atoms with van der Waals surface area (Å²) in [6, 6.07) is 13.5. The zero-order chi connectivity index (χ0) is 23.3. The quantitative estimate of drug-likeness (QED) is 0.443. The van der Waals surface area contributed by atoms with Crippen LogP contribution in [0.25, 0.3) is 5.69 Å². The van der Waals surface area contributed by atoms with Crippen LogP contribution in [0.4, 0.5) is 5.69 Å². The smallest absolute Gasteiger partial charge is 0.312 e. The number of hydrogen-bond acceptors (Lipinski definition) is 5. The lowest BCUT2D eigenvalue weighted by molar-refractivity contribution is 0.256. The molecule has 1 fully saturated rings. The van der Waals surface area contributed by atoms with Crippen LogP contribution in [0.1, 0.15) is 44.6 Å². The van der Waals surface area contributed by atoms with E-state index in [0.29, 0.717) is 23.8 Å². The first kappa shape index (κ1) is 23.3. The summed E-state index contributed by atoms with van der Waals surface area (Å²) in [5, 5.41) is 9.52. The lowest BCUT2D eigenvalue weighted by Crippen LogP contribution is -2.27. The third kappa shape index (κ3) is 5.72. The number of benzene rings is 2. The van der Waals surface area contributed by atoms with Gasteiger partial charge in [0.15, 0.2) is 0 Å². The molecular weight excluding hydrogens is 438 g/mol. The molecule has 1 heterocycles. The van der Waals surface area contributed by atoms with Crippen LogP contribution in [0.3, 0.4) is 0 Å². The highest BCUT2D eigenvalue weighted by atomic mass is 32.2. The molecule has 33 heavy (non-hydrogen) atoms. The van der Waals surface area contributed by atoms with Gasteiger partial charge in [0.25, 0.3) is 10.0 Å². The van der Waals surface area contributed by atoms with E-state index in [2.05, 4.69) is 27.2 Å². The highest BCUT2D eigenvalue weighted by Crippen LogP contribution is 2.29. The molecule has 1 atom stereocenters. The molecule has 0 spiro atoms. The first-order valence-electron chi connectivity index (χ1n) is 11.5. The van der Waals surface area contributed by atoms with Gasteiger partial charge in [0, 0.05) is 6.54 Å². The topological polar surface area (TPSA) is 109 Å². The van der Waals surface area contributed by atoms with Crippen molar-refractivity contribution in [1.82, 2.24) is 20.1 Å². The second kappa shape index (κ2) is 10.4. The molecule has 1 aromatic heterocycles.